The number of carbonyl (C=O) groups is 1. The molecule has 0 radical (unpaired) electrons. The van der Waals surface area contributed by atoms with Crippen LogP contribution in [0.15, 0.2) is 0 Å². The molecule has 0 aliphatic carbocycles. The minimum Gasteiger partial charge on any atom is -0.349 e. The molecule has 0 aromatic carbocycles. The van der Waals surface area contributed by atoms with E-state index in [1.807, 2.05) is 6.92 Å². The van der Waals surface area contributed by atoms with E-state index in [1.54, 1.807) is 0 Å². The van der Waals surface area contributed by atoms with E-state index in [4.69, 9.17) is 12.2 Å². The Morgan fingerprint density at radius 1 is 1.38 bits per heavy atom. The summed E-state index contributed by atoms with van der Waals surface area (Å²) in [4.78, 5) is 11.7. The van der Waals surface area contributed by atoms with Gasteiger partial charge >= 0.3 is 0 Å². The van der Waals surface area contributed by atoms with Crippen molar-refractivity contribution in [1.82, 2.24) is 5.32 Å². The van der Waals surface area contributed by atoms with Crippen LogP contribution in [0.1, 0.15) is 46.5 Å². The number of nitrogens with one attached hydrogen (secondary N) is 1. The number of rotatable bonds is 6. The Morgan fingerprint density at radius 2 is 2.00 bits per heavy atom. The maximum atomic E-state index is 10.8. The van der Waals surface area contributed by atoms with E-state index in [9.17, 15) is 4.79 Å². The number of unbranched alkanes of at least 4 members (excludes halogenated alkanes) is 2. The number of carbonyl (C=O) groups excluding carboxylic acids is 1. The third-order valence-corrected chi connectivity index (χ3v) is 2.25. The molecule has 3 heteroatoms. The number of amides is 1. The van der Waals surface area contributed by atoms with Gasteiger partial charge in [-0.3, -0.25) is 4.79 Å². The lowest BCUT2D eigenvalue weighted by Gasteiger charge is -2.16. The van der Waals surface area contributed by atoms with Crippen LogP contribution in [0, 0.1) is 0 Å². The van der Waals surface area contributed by atoms with Gasteiger partial charge in [0.25, 0.3) is 0 Å². The Kier molecular flexibility index (Phi) is 6.77. The highest BCUT2D eigenvalue weighted by molar-refractivity contribution is 7.80. The molecule has 1 amide bonds. The molecule has 2 nitrogen and oxygen atoms in total. The Labute approximate surface area is 86.1 Å². The minimum absolute atomic E-state index is 0.00528. The lowest BCUT2D eigenvalue weighted by Crippen LogP contribution is -2.37. The highest BCUT2D eigenvalue weighted by Gasteiger charge is 2.10. The Hall–Kier alpha value is -0.440. The molecule has 0 aliphatic rings. The van der Waals surface area contributed by atoms with Gasteiger partial charge in [0.1, 0.15) is 0 Å². The molecule has 0 saturated carbocycles. The van der Waals surface area contributed by atoms with Gasteiger partial charge < -0.3 is 5.32 Å². The Balaban J connectivity index is 3.81. The normalized spacial score (nSPS) is 12.2. The maximum Gasteiger partial charge on any atom is 0.217 e. The molecule has 0 saturated heterocycles. The van der Waals surface area contributed by atoms with Crippen molar-refractivity contribution in [1.29, 1.82) is 0 Å². The lowest BCUT2D eigenvalue weighted by molar-refractivity contribution is -0.119. The van der Waals surface area contributed by atoms with Crippen molar-refractivity contribution in [2.45, 2.75) is 52.5 Å². The van der Waals surface area contributed by atoms with Crippen LogP contribution in [0.5, 0.6) is 0 Å². The van der Waals surface area contributed by atoms with Gasteiger partial charge in [-0.2, -0.15) is 0 Å². The standard InChI is InChI=1S/C10H19NOS/c1-4-5-6-7-10(8(2)13)11-9(3)12/h10H,4-7H2,1-3H3,(H,11,12). The molecule has 0 aromatic rings. The van der Waals surface area contributed by atoms with E-state index in [0.29, 0.717) is 0 Å². The Morgan fingerprint density at radius 3 is 2.38 bits per heavy atom. The van der Waals surface area contributed by atoms with Gasteiger partial charge in [0, 0.05) is 11.8 Å². The lowest BCUT2D eigenvalue weighted by atomic mass is 10.1. The van der Waals surface area contributed by atoms with Crippen LogP contribution in [0.3, 0.4) is 0 Å². The van der Waals surface area contributed by atoms with Crippen molar-refractivity contribution in [3.63, 3.8) is 0 Å². The van der Waals surface area contributed by atoms with E-state index in [2.05, 4.69) is 12.2 Å². The molecule has 0 spiro atoms. The average molecular weight is 201 g/mol. The second-order valence-corrected chi connectivity index (χ2v) is 4.00. The number of hydrogen-bond acceptors (Lipinski definition) is 2. The van der Waals surface area contributed by atoms with Crippen LogP contribution < -0.4 is 5.32 Å². The quantitative estimate of drug-likeness (QED) is 0.528. The highest BCUT2D eigenvalue weighted by atomic mass is 32.1. The molecule has 13 heavy (non-hydrogen) atoms. The fourth-order valence-corrected chi connectivity index (χ4v) is 1.40. The van der Waals surface area contributed by atoms with Gasteiger partial charge in [-0.15, -0.1) is 0 Å². The van der Waals surface area contributed by atoms with Crippen molar-refractivity contribution in [3.05, 3.63) is 0 Å². The molecule has 1 unspecified atom stereocenters. The predicted octanol–water partition coefficient (Wildman–Crippen LogP) is 2.46. The zero-order valence-electron chi connectivity index (χ0n) is 8.72. The fraction of sp³-hybridized carbons (Fsp3) is 0.800. The first-order valence-corrected chi connectivity index (χ1v) is 5.26. The molecule has 0 bridgehead atoms. The number of thiocarbonyl (C=S) groups is 1. The minimum atomic E-state index is 0.00528. The largest absolute Gasteiger partial charge is 0.349 e. The monoisotopic (exact) mass is 201 g/mol. The molecular formula is C10H19NOS. The molecule has 76 valence electrons. The van der Waals surface area contributed by atoms with E-state index in [-0.39, 0.29) is 11.9 Å². The van der Waals surface area contributed by atoms with Crippen LogP contribution in [-0.4, -0.2) is 16.8 Å². The van der Waals surface area contributed by atoms with Crippen molar-refractivity contribution in [2.24, 2.45) is 0 Å². The van der Waals surface area contributed by atoms with E-state index in [0.717, 1.165) is 17.7 Å². The fourth-order valence-electron chi connectivity index (χ4n) is 1.22. The van der Waals surface area contributed by atoms with Crippen molar-refractivity contribution in [3.8, 4) is 0 Å². The van der Waals surface area contributed by atoms with Crippen LogP contribution in [-0.2, 0) is 4.79 Å². The van der Waals surface area contributed by atoms with Crippen molar-refractivity contribution in [2.75, 3.05) is 0 Å². The smallest absolute Gasteiger partial charge is 0.217 e. The van der Waals surface area contributed by atoms with Crippen LogP contribution in [0.4, 0.5) is 0 Å². The van der Waals surface area contributed by atoms with Gasteiger partial charge in [-0.25, -0.2) is 0 Å². The zero-order valence-corrected chi connectivity index (χ0v) is 9.54. The summed E-state index contributed by atoms with van der Waals surface area (Å²) in [6, 6.07) is 0.0963. The van der Waals surface area contributed by atoms with Gasteiger partial charge in [0.2, 0.25) is 5.91 Å². The van der Waals surface area contributed by atoms with Crippen LogP contribution >= 0.6 is 12.2 Å². The van der Waals surface area contributed by atoms with E-state index >= 15 is 0 Å². The molecule has 0 rings (SSSR count). The van der Waals surface area contributed by atoms with E-state index < -0.39 is 0 Å². The first kappa shape index (κ1) is 12.6. The molecule has 0 aromatic heterocycles. The second kappa shape index (κ2) is 7.01. The third kappa shape index (κ3) is 6.70. The summed E-state index contributed by atoms with van der Waals surface area (Å²) >= 11 is 5.07. The summed E-state index contributed by atoms with van der Waals surface area (Å²) in [5.41, 5.74) is 0. The summed E-state index contributed by atoms with van der Waals surface area (Å²) in [6.45, 7) is 5.59. The predicted molar refractivity (Wildman–Crippen MR) is 60.0 cm³/mol. The van der Waals surface area contributed by atoms with Crippen LogP contribution in [0.25, 0.3) is 0 Å². The molecule has 1 N–H and O–H groups in total. The summed E-state index contributed by atoms with van der Waals surface area (Å²) in [7, 11) is 0. The average Bonchev–Trinajstić information content (AvgIpc) is 2.02. The third-order valence-electron chi connectivity index (χ3n) is 1.96. The zero-order chi connectivity index (χ0) is 10.3. The summed E-state index contributed by atoms with van der Waals surface area (Å²) in [6.07, 6.45) is 4.51. The summed E-state index contributed by atoms with van der Waals surface area (Å²) in [5.74, 6) is 0.00528. The molecule has 0 fully saturated rings. The highest BCUT2D eigenvalue weighted by Crippen LogP contribution is 2.05. The van der Waals surface area contributed by atoms with Crippen molar-refractivity contribution >= 4 is 23.0 Å². The first-order chi connectivity index (χ1) is 6.07. The second-order valence-electron chi connectivity index (χ2n) is 3.36. The van der Waals surface area contributed by atoms with E-state index in [1.165, 1.54) is 19.8 Å². The SMILES string of the molecule is CCCCCC(NC(C)=O)C(C)=S. The number of hydrogen-bond donors (Lipinski definition) is 1. The maximum absolute atomic E-state index is 10.8. The summed E-state index contributed by atoms with van der Waals surface area (Å²) < 4.78 is 0. The van der Waals surface area contributed by atoms with Crippen molar-refractivity contribution < 1.29 is 4.79 Å². The molecule has 1 atom stereocenters. The van der Waals surface area contributed by atoms with Gasteiger partial charge in [0.05, 0.1) is 6.04 Å². The molecule has 0 heterocycles. The molecular weight excluding hydrogens is 182 g/mol. The topological polar surface area (TPSA) is 29.1 Å². The first-order valence-electron chi connectivity index (χ1n) is 4.85. The Bertz CT molecular complexity index is 180. The van der Waals surface area contributed by atoms with Gasteiger partial charge in [-0.05, 0) is 13.3 Å². The van der Waals surface area contributed by atoms with Gasteiger partial charge in [0.15, 0.2) is 0 Å². The van der Waals surface area contributed by atoms with Crippen LogP contribution in [0.2, 0.25) is 0 Å². The summed E-state index contributed by atoms with van der Waals surface area (Å²) in [5, 5.41) is 2.86. The molecule has 0 aliphatic heterocycles. The van der Waals surface area contributed by atoms with Gasteiger partial charge in [-0.1, -0.05) is 38.4 Å².